The Morgan fingerprint density at radius 3 is 2.65 bits per heavy atom. The normalized spacial score (nSPS) is 10.8. The van der Waals surface area contributed by atoms with Crippen LogP contribution in [0.4, 0.5) is 0 Å². The molecule has 136 valence electrons. The van der Waals surface area contributed by atoms with E-state index in [1.165, 1.54) is 6.92 Å². The summed E-state index contributed by atoms with van der Waals surface area (Å²) >= 11 is 3.54. The zero-order valence-electron chi connectivity index (χ0n) is 15.0. The molecule has 0 aliphatic rings. The summed E-state index contributed by atoms with van der Waals surface area (Å²) in [5.41, 5.74) is 4.08. The summed E-state index contributed by atoms with van der Waals surface area (Å²) in [6.45, 7) is 2.08. The maximum atomic E-state index is 11.3. The molecule has 26 heavy (non-hydrogen) atoms. The molecule has 0 bridgehead atoms. The Hall–Kier alpha value is -2.47. The van der Waals surface area contributed by atoms with E-state index in [-0.39, 0.29) is 5.91 Å². The second-order valence-electron chi connectivity index (χ2n) is 5.97. The molecule has 5 nitrogen and oxygen atoms in total. The van der Waals surface area contributed by atoms with Gasteiger partial charge in [-0.25, -0.2) is 0 Å². The Morgan fingerprint density at radius 1 is 1.15 bits per heavy atom. The first-order valence-electron chi connectivity index (χ1n) is 8.30. The number of rotatable bonds is 6. The first kappa shape index (κ1) is 18.3. The minimum Gasteiger partial charge on any atom is -0.497 e. The third-order valence-electron chi connectivity index (χ3n) is 4.29. The number of fused-ring (bicyclic) bond motifs is 1. The molecule has 0 fully saturated rings. The number of H-pyrrole nitrogens is 1. The number of halogens is 1. The Bertz CT molecular complexity index is 950. The van der Waals surface area contributed by atoms with Gasteiger partial charge in [0.05, 0.1) is 19.9 Å². The molecule has 6 heteroatoms. The lowest BCUT2D eigenvalue weighted by Gasteiger charge is -2.11. The molecule has 0 atom stereocenters. The summed E-state index contributed by atoms with van der Waals surface area (Å²) in [7, 11) is 3.32. The minimum atomic E-state index is -0.0380. The van der Waals surface area contributed by atoms with Crippen molar-refractivity contribution in [3.8, 4) is 22.8 Å². The summed E-state index contributed by atoms with van der Waals surface area (Å²) in [6.07, 6.45) is 0.692. The van der Waals surface area contributed by atoms with Crippen LogP contribution in [0.1, 0.15) is 12.5 Å². The largest absolute Gasteiger partial charge is 0.497 e. The fourth-order valence-electron chi connectivity index (χ4n) is 3.08. The lowest BCUT2D eigenvalue weighted by atomic mass is 10.0. The Morgan fingerprint density at radius 2 is 1.96 bits per heavy atom. The van der Waals surface area contributed by atoms with Crippen molar-refractivity contribution in [2.45, 2.75) is 13.3 Å². The quantitative estimate of drug-likeness (QED) is 0.629. The van der Waals surface area contributed by atoms with Gasteiger partial charge < -0.3 is 19.8 Å². The van der Waals surface area contributed by atoms with E-state index >= 15 is 0 Å². The molecular weight excluding hydrogens is 396 g/mol. The molecule has 0 saturated carbocycles. The van der Waals surface area contributed by atoms with Gasteiger partial charge in [0.25, 0.3) is 0 Å². The number of hydrogen-bond donors (Lipinski definition) is 2. The van der Waals surface area contributed by atoms with E-state index in [0.29, 0.717) is 13.0 Å². The Kier molecular flexibility index (Phi) is 5.52. The molecule has 0 radical (unpaired) electrons. The Labute approximate surface area is 160 Å². The summed E-state index contributed by atoms with van der Waals surface area (Å²) in [6, 6.07) is 11.9. The zero-order chi connectivity index (χ0) is 18.7. The standard InChI is InChI=1S/C20H21BrN2O3/c1-12(24)22-9-8-15-16-11-14(25-2)5-6-18(16)23-20(15)17-10-13(21)4-7-19(17)26-3/h4-7,10-11,23H,8-9H2,1-3H3,(H,22,24). The van der Waals surface area contributed by atoms with Crippen LogP contribution in [0.25, 0.3) is 22.2 Å². The molecule has 1 aromatic heterocycles. The molecule has 0 aliphatic carbocycles. The third-order valence-corrected chi connectivity index (χ3v) is 4.79. The van der Waals surface area contributed by atoms with Crippen molar-refractivity contribution >= 4 is 32.7 Å². The van der Waals surface area contributed by atoms with Crippen molar-refractivity contribution in [3.63, 3.8) is 0 Å². The average molecular weight is 417 g/mol. The smallest absolute Gasteiger partial charge is 0.216 e. The van der Waals surface area contributed by atoms with Crippen LogP contribution in [0.3, 0.4) is 0 Å². The second-order valence-corrected chi connectivity index (χ2v) is 6.88. The minimum absolute atomic E-state index is 0.0380. The maximum absolute atomic E-state index is 11.3. The number of aromatic amines is 1. The van der Waals surface area contributed by atoms with Gasteiger partial charge in [0.2, 0.25) is 5.91 Å². The van der Waals surface area contributed by atoms with Crippen LogP contribution in [0, 0.1) is 0 Å². The predicted octanol–water partition coefficient (Wildman–Crippen LogP) is 4.29. The number of carbonyl (C=O) groups is 1. The topological polar surface area (TPSA) is 63.4 Å². The van der Waals surface area contributed by atoms with Gasteiger partial charge in [-0.1, -0.05) is 15.9 Å². The third kappa shape index (κ3) is 3.70. The van der Waals surface area contributed by atoms with E-state index in [1.54, 1.807) is 14.2 Å². The average Bonchev–Trinajstić information content (AvgIpc) is 2.99. The number of nitrogens with one attached hydrogen (secondary N) is 2. The van der Waals surface area contributed by atoms with Gasteiger partial charge >= 0.3 is 0 Å². The number of amides is 1. The molecule has 2 aromatic carbocycles. The first-order valence-corrected chi connectivity index (χ1v) is 9.09. The van der Waals surface area contributed by atoms with Gasteiger partial charge in [0.15, 0.2) is 0 Å². The molecule has 2 N–H and O–H groups in total. The van der Waals surface area contributed by atoms with E-state index in [2.05, 4.69) is 26.2 Å². The lowest BCUT2D eigenvalue weighted by Crippen LogP contribution is -2.22. The SMILES string of the molecule is COc1ccc2[nH]c(-c3cc(Br)ccc3OC)c(CCNC(C)=O)c2c1. The predicted molar refractivity (Wildman–Crippen MR) is 107 cm³/mol. The second kappa shape index (κ2) is 7.83. The van der Waals surface area contributed by atoms with E-state index in [1.807, 2.05) is 36.4 Å². The molecule has 3 aromatic rings. The first-order chi connectivity index (χ1) is 12.5. The van der Waals surface area contributed by atoms with Crippen molar-refractivity contribution in [2.75, 3.05) is 20.8 Å². The van der Waals surface area contributed by atoms with E-state index in [0.717, 1.165) is 43.7 Å². The maximum Gasteiger partial charge on any atom is 0.216 e. The number of aromatic nitrogens is 1. The van der Waals surface area contributed by atoms with E-state index in [4.69, 9.17) is 9.47 Å². The number of methoxy groups -OCH3 is 2. The van der Waals surface area contributed by atoms with Crippen LogP contribution in [0.5, 0.6) is 11.5 Å². The van der Waals surface area contributed by atoms with Gasteiger partial charge in [-0.05, 0) is 48.4 Å². The molecule has 3 rings (SSSR count). The molecule has 0 unspecified atom stereocenters. The van der Waals surface area contributed by atoms with E-state index < -0.39 is 0 Å². The molecule has 1 heterocycles. The van der Waals surface area contributed by atoms with Crippen LogP contribution in [-0.2, 0) is 11.2 Å². The van der Waals surface area contributed by atoms with Gasteiger partial charge in [-0.3, -0.25) is 4.79 Å². The van der Waals surface area contributed by atoms with Gasteiger partial charge in [-0.15, -0.1) is 0 Å². The van der Waals surface area contributed by atoms with Crippen LogP contribution >= 0.6 is 15.9 Å². The van der Waals surface area contributed by atoms with Gasteiger partial charge in [0, 0.05) is 34.4 Å². The van der Waals surface area contributed by atoms with Gasteiger partial charge in [-0.2, -0.15) is 0 Å². The molecular formula is C20H21BrN2O3. The monoisotopic (exact) mass is 416 g/mol. The van der Waals surface area contributed by atoms with Crippen LogP contribution in [0.15, 0.2) is 40.9 Å². The summed E-state index contributed by atoms with van der Waals surface area (Å²) in [4.78, 5) is 14.8. The molecule has 0 saturated heterocycles. The summed E-state index contributed by atoms with van der Waals surface area (Å²) in [5, 5.41) is 3.95. The van der Waals surface area contributed by atoms with Crippen molar-refractivity contribution in [2.24, 2.45) is 0 Å². The van der Waals surface area contributed by atoms with Crippen LogP contribution < -0.4 is 14.8 Å². The Balaban J connectivity index is 2.17. The number of ether oxygens (including phenoxy) is 2. The molecule has 0 spiro atoms. The molecule has 1 amide bonds. The number of carbonyl (C=O) groups excluding carboxylic acids is 1. The fourth-order valence-corrected chi connectivity index (χ4v) is 3.44. The zero-order valence-corrected chi connectivity index (χ0v) is 16.6. The summed E-state index contributed by atoms with van der Waals surface area (Å²) < 4.78 is 11.9. The number of benzene rings is 2. The van der Waals surface area contributed by atoms with Crippen molar-refractivity contribution in [3.05, 3.63) is 46.4 Å². The van der Waals surface area contributed by atoms with Crippen LogP contribution in [0.2, 0.25) is 0 Å². The van der Waals surface area contributed by atoms with Gasteiger partial charge in [0.1, 0.15) is 11.5 Å². The van der Waals surface area contributed by atoms with E-state index in [9.17, 15) is 4.79 Å². The fraction of sp³-hybridized carbons (Fsp3) is 0.250. The molecule has 0 aliphatic heterocycles. The van der Waals surface area contributed by atoms with Crippen molar-refractivity contribution < 1.29 is 14.3 Å². The van der Waals surface area contributed by atoms with Crippen LogP contribution in [-0.4, -0.2) is 31.7 Å². The highest BCUT2D eigenvalue weighted by Crippen LogP contribution is 2.38. The summed E-state index contributed by atoms with van der Waals surface area (Å²) in [5.74, 6) is 1.54. The number of hydrogen-bond acceptors (Lipinski definition) is 3. The highest BCUT2D eigenvalue weighted by Gasteiger charge is 2.17. The van der Waals surface area contributed by atoms with Crippen molar-refractivity contribution in [1.29, 1.82) is 0 Å². The highest BCUT2D eigenvalue weighted by molar-refractivity contribution is 9.10. The van der Waals surface area contributed by atoms with Crippen molar-refractivity contribution in [1.82, 2.24) is 10.3 Å². The lowest BCUT2D eigenvalue weighted by molar-refractivity contribution is -0.118. The highest BCUT2D eigenvalue weighted by atomic mass is 79.9.